The molecule has 3 rings (SSSR count). The molecular formula is C19H15F3N2O4. The third kappa shape index (κ3) is 4.30. The summed E-state index contributed by atoms with van der Waals surface area (Å²) in [7, 11) is 0. The van der Waals surface area contributed by atoms with E-state index in [1.54, 1.807) is 24.3 Å². The van der Waals surface area contributed by atoms with Gasteiger partial charge in [0.15, 0.2) is 6.61 Å². The minimum absolute atomic E-state index is 0.0564. The fraction of sp³-hybridized carbons (Fsp3) is 0.211. The standard InChI is InChI=1S/C19H15F3N2O4/c1-2-26-15-10-6-4-8-13(15)17-23-16(28-24-17)11-27-18(25)12-7-3-5-9-14(12)19(20,21)22/h3-10H,2,11H2,1H3. The van der Waals surface area contributed by atoms with Crippen LogP contribution in [0.4, 0.5) is 13.2 Å². The third-order valence-corrected chi connectivity index (χ3v) is 3.68. The van der Waals surface area contributed by atoms with Crippen molar-refractivity contribution in [2.45, 2.75) is 19.7 Å². The molecule has 0 bridgehead atoms. The predicted molar refractivity (Wildman–Crippen MR) is 91.5 cm³/mol. The summed E-state index contributed by atoms with van der Waals surface area (Å²) in [5.74, 6) is -0.430. The number of carbonyl (C=O) groups excluding carboxylic acids is 1. The summed E-state index contributed by atoms with van der Waals surface area (Å²) in [6.45, 7) is 1.81. The van der Waals surface area contributed by atoms with E-state index in [4.69, 9.17) is 14.0 Å². The van der Waals surface area contributed by atoms with E-state index in [9.17, 15) is 18.0 Å². The zero-order valence-corrected chi connectivity index (χ0v) is 14.7. The Balaban J connectivity index is 1.73. The zero-order chi connectivity index (χ0) is 20.1. The Hall–Kier alpha value is -3.36. The largest absolute Gasteiger partial charge is 0.493 e. The van der Waals surface area contributed by atoms with Gasteiger partial charge in [-0.15, -0.1) is 0 Å². The molecule has 6 nitrogen and oxygen atoms in total. The molecule has 28 heavy (non-hydrogen) atoms. The van der Waals surface area contributed by atoms with Crippen LogP contribution in [0.2, 0.25) is 0 Å². The quantitative estimate of drug-likeness (QED) is 0.575. The number of para-hydroxylation sites is 1. The molecule has 0 aliphatic heterocycles. The smallest absolute Gasteiger partial charge is 0.417 e. The molecule has 0 spiro atoms. The van der Waals surface area contributed by atoms with Crippen molar-refractivity contribution >= 4 is 5.97 Å². The number of halogens is 3. The normalized spacial score (nSPS) is 11.3. The van der Waals surface area contributed by atoms with Crippen molar-refractivity contribution in [1.82, 2.24) is 10.1 Å². The predicted octanol–water partition coefficient (Wildman–Crippen LogP) is 4.51. The van der Waals surface area contributed by atoms with E-state index in [2.05, 4.69) is 10.1 Å². The Morgan fingerprint density at radius 1 is 1.11 bits per heavy atom. The SMILES string of the molecule is CCOc1ccccc1-c1noc(COC(=O)c2ccccc2C(F)(F)F)n1. The first-order valence-corrected chi connectivity index (χ1v) is 8.28. The first-order valence-electron chi connectivity index (χ1n) is 8.28. The van der Waals surface area contributed by atoms with Crippen LogP contribution in [0, 0.1) is 0 Å². The molecule has 0 saturated carbocycles. The van der Waals surface area contributed by atoms with Crippen LogP contribution in [-0.2, 0) is 17.5 Å². The second-order valence-electron chi connectivity index (χ2n) is 5.56. The Bertz CT molecular complexity index is 970. The highest BCUT2D eigenvalue weighted by atomic mass is 19.4. The van der Waals surface area contributed by atoms with Crippen LogP contribution in [0.3, 0.4) is 0 Å². The van der Waals surface area contributed by atoms with Crippen molar-refractivity contribution in [2.24, 2.45) is 0 Å². The summed E-state index contributed by atoms with van der Waals surface area (Å²) in [6.07, 6.45) is -4.67. The van der Waals surface area contributed by atoms with Gasteiger partial charge in [-0.25, -0.2) is 4.79 Å². The number of benzene rings is 2. The number of alkyl halides is 3. The molecule has 0 amide bonds. The summed E-state index contributed by atoms with van der Waals surface area (Å²) in [6, 6.07) is 11.4. The molecule has 0 N–H and O–H groups in total. The lowest BCUT2D eigenvalue weighted by molar-refractivity contribution is -0.138. The Labute approximate surface area is 157 Å². The summed E-state index contributed by atoms with van der Waals surface area (Å²) < 4.78 is 54.4. The average Bonchev–Trinajstić information content (AvgIpc) is 3.15. The van der Waals surface area contributed by atoms with Crippen molar-refractivity contribution in [2.75, 3.05) is 6.61 Å². The van der Waals surface area contributed by atoms with Gasteiger partial charge in [-0.3, -0.25) is 0 Å². The molecule has 2 aromatic carbocycles. The van der Waals surface area contributed by atoms with E-state index in [1.165, 1.54) is 12.1 Å². The number of carbonyl (C=O) groups is 1. The van der Waals surface area contributed by atoms with Crippen molar-refractivity contribution in [3.63, 3.8) is 0 Å². The molecule has 9 heteroatoms. The number of rotatable bonds is 6. The molecule has 0 radical (unpaired) electrons. The molecule has 1 heterocycles. The monoisotopic (exact) mass is 392 g/mol. The maximum Gasteiger partial charge on any atom is 0.417 e. The number of ether oxygens (including phenoxy) is 2. The first-order chi connectivity index (χ1) is 13.4. The van der Waals surface area contributed by atoms with Gasteiger partial charge >= 0.3 is 12.1 Å². The van der Waals surface area contributed by atoms with Crippen molar-refractivity contribution in [1.29, 1.82) is 0 Å². The highest BCUT2D eigenvalue weighted by molar-refractivity contribution is 5.91. The van der Waals surface area contributed by atoms with Crippen molar-refractivity contribution in [3.05, 3.63) is 65.5 Å². The fourth-order valence-electron chi connectivity index (χ4n) is 2.47. The van der Waals surface area contributed by atoms with Crippen LogP contribution in [0.1, 0.15) is 28.7 Å². The Morgan fingerprint density at radius 3 is 2.57 bits per heavy atom. The van der Waals surface area contributed by atoms with Gasteiger partial charge in [0.2, 0.25) is 5.82 Å². The number of aromatic nitrogens is 2. The lowest BCUT2D eigenvalue weighted by Crippen LogP contribution is -2.15. The zero-order valence-electron chi connectivity index (χ0n) is 14.7. The number of hydrogen-bond donors (Lipinski definition) is 0. The highest BCUT2D eigenvalue weighted by Gasteiger charge is 2.35. The van der Waals surface area contributed by atoms with E-state index >= 15 is 0 Å². The lowest BCUT2D eigenvalue weighted by atomic mass is 10.1. The summed E-state index contributed by atoms with van der Waals surface area (Å²) in [5, 5.41) is 3.80. The molecule has 3 aromatic rings. The molecular weight excluding hydrogens is 377 g/mol. The van der Waals surface area contributed by atoms with Gasteiger partial charge in [-0.05, 0) is 31.2 Å². The minimum atomic E-state index is -4.67. The molecule has 0 fully saturated rings. The van der Waals surface area contributed by atoms with Crippen LogP contribution in [0.25, 0.3) is 11.4 Å². The second-order valence-corrected chi connectivity index (χ2v) is 5.56. The van der Waals surface area contributed by atoms with Gasteiger partial charge in [0, 0.05) is 0 Å². The minimum Gasteiger partial charge on any atom is -0.493 e. The van der Waals surface area contributed by atoms with Crippen LogP contribution in [-0.4, -0.2) is 22.7 Å². The first kappa shape index (κ1) is 19.4. The summed E-state index contributed by atoms with van der Waals surface area (Å²) in [4.78, 5) is 16.2. The van der Waals surface area contributed by atoms with Gasteiger partial charge < -0.3 is 14.0 Å². The molecule has 146 valence electrons. The number of hydrogen-bond acceptors (Lipinski definition) is 6. The number of nitrogens with zero attached hydrogens (tertiary/aromatic N) is 2. The Kier molecular flexibility index (Phi) is 5.62. The van der Waals surface area contributed by atoms with Crippen LogP contribution < -0.4 is 4.74 Å². The topological polar surface area (TPSA) is 74.5 Å². The van der Waals surface area contributed by atoms with Gasteiger partial charge in [0.1, 0.15) is 5.75 Å². The summed E-state index contributed by atoms with van der Waals surface area (Å²) >= 11 is 0. The van der Waals surface area contributed by atoms with E-state index in [0.29, 0.717) is 17.9 Å². The van der Waals surface area contributed by atoms with E-state index in [1.807, 2.05) is 6.92 Å². The van der Waals surface area contributed by atoms with E-state index in [-0.39, 0.29) is 11.7 Å². The molecule has 0 aliphatic carbocycles. The molecule has 0 aliphatic rings. The fourth-order valence-corrected chi connectivity index (χ4v) is 2.47. The Morgan fingerprint density at radius 2 is 1.82 bits per heavy atom. The van der Waals surface area contributed by atoms with E-state index < -0.39 is 29.9 Å². The van der Waals surface area contributed by atoms with Gasteiger partial charge in [-0.2, -0.15) is 18.2 Å². The van der Waals surface area contributed by atoms with E-state index in [0.717, 1.165) is 12.1 Å². The lowest BCUT2D eigenvalue weighted by Gasteiger charge is -2.11. The molecule has 0 unspecified atom stereocenters. The highest BCUT2D eigenvalue weighted by Crippen LogP contribution is 2.32. The van der Waals surface area contributed by atoms with Crippen molar-refractivity contribution < 1.29 is 32.0 Å². The van der Waals surface area contributed by atoms with Crippen LogP contribution in [0.15, 0.2) is 53.1 Å². The molecule has 0 saturated heterocycles. The molecule has 0 atom stereocenters. The molecule has 1 aromatic heterocycles. The number of esters is 1. The third-order valence-electron chi connectivity index (χ3n) is 3.68. The second kappa shape index (κ2) is 8.12. The van der Waals surface area contributed by atoms with Gasteiger partial charge in [-0.1, -0.05) is 29.4 Å². The van der Waals surface area contributed by atoms with Crippen molar-refractivity contribution in [3.8, 4) is 17.1 Å². The summed E-state index contributed by atoms with van der Waals surface area (Å²) in [5.41, 5.74) is -1.08. The maximum atomic E-state index is 13.0. The van der Waals surface area contributed by atoms with Gasteiger partial charge in [0.25, 0.3) is 5.89 Å². The maximum absolute atomic E-state index is 13.0. The van der Waals surface area contributed by atoms with Crippen LogP contribution >= 0.6 is 0 Å². The average molecular weight is 392 g/mol. The van der Waals surface area contributed by atoms with Crippen LogP contribution in [0.5, 0.6) is 5.75 Å². The van der Waals surface area contributed by atoms with Gasteiger partial charge in [0.05, 0.1) is 23.3 Å².